The first kappa shape index (κ1) is 17.0. The van der Waals surface area contributed by atoms with Crippen molar-refractivity contribution < 1.29 is 9.59 Å². The molecule has 0 spiro atoms. The molecule has 1 aliphatic heterocycles. The van der Waals surface area contributed by atoms with Crippen LogP contribution < -0.4 is 11.1 Å². The number of carbonyl (C=O) groups excluding carboxylic acids is 2. The van der Waals surface area contributed by atoms with Crippen LogP contribution in [0.15, 0.2) is 46.2 Å². The van der Waals surface area contributed by atoms with Gasteiger partial charge in [0, 0.05) is 22.2 Å². The number of rotatable bonds is 2. The monoisotopic (exact) mass is 414 g/mol. The number of hydrogen-bond acceptors (Lipinski definition) is 4. The van der Waals surface area contributed by atoms with E-state index in [4.69, 9.17) is 5.73 Å². The van der Waals surface area contributed by atoms with Crippen LogP contribution in [0, 0.1) is 5.41 Å². The Kier molecular flexibility index (Phi) is 3.80. The van der Waals surface area contributed by atoms with E-state index in [1.54, 1.807) is 4.68 Å². The third kappa shape index (κ3) is 2.67. The van der Waals surface area contributed by atoms with Gasteiger partial charge in [0.15, 0.2) is 5.78 Å². The molecular weight excluding hydrogens is 396 g/mol. The van der Waals surface area contributed by atoms with Crippen LogP contribution in [0.3, 0.4) is 0 Å². The van der Waals surface area contributed by atoms with Gasteiger partial charge in [-0.3, -0.25) is 9.59 Å². The van der Waals surface area contributed by atoms with Gasteiger partial charge in [-0.1, -0.05) is 41.9 Å². The van der Waals surface area contributed by atoms with Gasteiger partial charge in [-0.15, -0.1) is 0 Å². The van der Waals surface area contributed by atoms with Crippen molar-refractivity contribution in [2.24, 2.45) is 11.1 Å². The fourth-order valence-corrected chi connectivity index (χ4v) is 4.11. The number of benzene rings is 1. The summed E-state index contributed by atoms with van der Waals surface area (Å²) in [6.07, 6.45) is 2.68. The topological polar surface area (TPSA) is 90.0 Å². The third-order valence-corrected chi connectivity index (χ3v) is 5.48. The molecule has 2 heterocycles. The van der Waals surface area contributed by atoms with Crippen LogP contribution in [0.1, 0.15) is 48.7 Å². The van der Waals surface area contributed by atoms with Crippen LogP contribution in [-0.2, 0) is 4.79 Å². The van der Waals surface area contributed by atoms with Crippen molar-refractivity contribution >= 4 is 33.4 Å². The molecule has 0 saturated heterocycles. The highest BCUT2D eigenvalue weighted by Gasteiger charge is 2.42. The molecule has 7 heteroatoms. The van der Waals surface area contributed by atoms with Gasteiger partial charge in [-0.25, -0.2) is 4.68 Å². The number of Topliss-reactive ketones (excluding diaryl/α,β-unsaturated/α-hetero) is 1. The van der Waals surface area contributed by atoms with Gasteiger partial charge in [-0.05, 0) is 29.5 Å². The first-order valence-electron chi connectivity index (χ1n) is 8.43. The Bertz CT molecular complexity index is 956. The lowest BCUT2D eigenvalue weighted by Gasteiger charge is -2.39. The van der Waals surface area contributed by atoms with E-state index in [9.17, 15) is 9.59 Å². The number of hydrogen-bond donors (Lipinski definition) is 2. The first-order valence-corrected chi connectivity index (χ1v) is 9.22. The summed E-state index contributed by atoms with van der Waals surface area (Å²) in [5, 5.41) is 7.65. The predicted molar refractivity (Wildman–Crippen MR) is 102 cm³/mol. The van der Waals surface area contributed by atoms with Crippen molar-refractivity contribution in [3.05, 3.63) is 57.3 Å². The van der Waals surface area contributed by atoms with E-state index in [0.29, 0.717) is 17.8 Å². The summed E-state index contributed by atoms with van der Waals surface area (Å²) in [4.78, 5) is 24.8. The van der Waals surface area contributed by atoms with E-state index in [1.165, 1.54) is 6.20 Å². The van der Waals surface area contributed by atoms with E-state index in [-0.39, 0.29) is 17.2 Å². The Morgan fingerprint density at radius 3 is 2.65 bits per heavy atom. The van der Waals surface area contributed by atoms with Crippen molar-refractivity contribution in [1.29, 1.82) is 0 Å². The van der Waals surface area contributed by atoms with Crippen LogP contribution >= 0.6 is 15.9 Å². The molecule has 0 saturated carbocycles. The van der Waals surface area contributed by atoms with Gasteiger partial charge in [0.2, 0.25) is 0 Å². The Hall–Kier alpha value is -2.41. The fourth-order valence-electron chi connectivity index (χ4n) is 3.84. The second kappa shape index (κ2) is 5.81. The third-order valence-electron chi connectivity index (χ3n) is 4.95. The molecule has 3 N–H and O–H groups in total. The summed E-state index contributed by atoms with van der Waals surface area (Å²) >= 11 is 3.45. The molecule has 6 nitrogen and oxygen atoms in total. The highest BCUT2D eigenvalue weighted by molar-refractivity contribution is 9.10. The minimum Gasteiger partial charge on any atom is -0.365 e. The molecule has 1 atom stereocenters. The Morgan fingerprint density at radius 1 is 1.31 bits per heavy atom. The second-order valence-electron chi connectivity index (χ2n) is 7.63. The molecule has 1 aliphatic carbocycles. The largest absolute Gasteiger partial charge is 0.365 e. The van der Waals surface area contributed by atoms with Crippen molar-refractivity contribution in [3.63, 3.8) is 0 Å². The summed E-state index contributed by atoms with van der Waals surface area (Å²) in [5.41, 5.74) is 8.22. The van der Waals surface area contributed by atoms with Crippen molar-refractivity contribution in [2.75, 3.05) is 5.32 Å². The molecule has 4 rings (SSSR count). The number of fused-ring (bicyclic) bond motifs is 1. The van der Waals surface area contributed by atoms with Crippen molar-refractivity contribution in [3.8, 4) is 0 Å². The number of nitrogens with one attached hydrogen (secondary N) is 1. The molecule has 0 fully saturated rings. The van der Waals surface area contributed by atoms with Crippen LogP contribution in [0.5, 0.6) is 0 Å². The zero-order valence-electron chi connectivity index (χ0n) is 14.5. The highest BCUT2D eigenvalue weighted by Crippen LogP contribution is 2.46. The number of carbonyl (C=O) groups is 2. The van der Waals surface area contributed by atoms with E-state index in [1.807, 2.05) is 24.3 Å². The number of amides is 1. The lowest BCUT2D eigenvalue weighted by molar-refractivity contribution is -0.118. The number of allylic oxidation sites excluding steroid dienone is 2. The number of aromatic nitrogens is 2. The van der Waals surface area contributed by atoms with Gasteiger partial charge in [-0.2, -0.15) is 5.10 Å². The van der Waals surface area contributed by atoms with Gasteiger partial charge >= 0.3 is 0 Å². The Labute approximate surface area is 159 Å². The van der Waals surface area contributed by atoms with E-state index >= 15 is 0 Å². The van der Waals surface area contributed by atoms with Gasteiger partial charge in [0.1, 0.15) is 17.4 Å². The summed E-state index contributed by atoms with van der Waals surface area (Å²) < 4.78 is 2.65. The average molecular weight is 415 g/mol. The molecule has 1 amide bonds. The van der Waals surface area contributed by atoms with E-state index in [0.717, 1.165) is 27.7 Å². The summed E-state index contributed by atoms with van der Waals surface area (Å²) in [6.45, 7) is 4.15. The summed E-state index contributed by atoms with van der Waals surface area (Å²) in [5.74, 6) is 0.117. The lowest BCUT2D eigenvalue weighted by atomic mass is 9.73. The zero-order valence-corrected chi connectivity index (χ0v) is 16.1. The maximum absolute atomic E-state index is 13.0. The zero-order chi connectivity index (χ0) is 18.6. The first-order chi connectivity index (χ1) is 12.3. The van der Waals surface area contributed by atoms with Crippen LogP contribution in [-0.4, -0.2) is 21.5 Å². The quantitative estimate of drug-likeness (QED) is 0.787. The fraction of sp³-hybridized carbons (Fsp3) is 0.316. The van der Waals surface area contributed by atoms with Crippen molar-refractivity contribution in [1.82, 2.24) is 9.78 Å². The molecule has 1 unspecified atom stereocenters. The number of primary amides is 1. The van der Waals surface area contributed by atoms with Gasteiger partial charge in [0.05, 0.1) is 6.20 Å². The van der Waals surface area contributed by atoms with Crippen LogP contribution in [0.2, 0.25) is 0 Å². The summed E-state index contributed by atoms with van der Waals surface area (Å²) in [7, 11) is 0. The number of anilines is 1. The number of nitrogens with two attached hydrogens (primary N) is 1. The van der Waals surface area contributed by atoms with Crippen molar-refractivity contribution in [2.45, 2.75) is 32.7 Å². The number of nitrogens with zero attached hydrogens (tertiary/aromatic N) is 2. The minimum absolute atomic E-state index is 0.110. The van der Waals surface area contributed by atoms with E-state index < -0.39 is 5.91 Å². The lowest BCUT2D eigenvalue weighted by Crippen LogP contribution is -2.37. The molecule has 134 valence electrons. The molecule has 26 heavy (non-hydrogen) atoms. The van der Waals surface area contributed by atoms with Gasteiger partial charge < -0.3 is 11.1 Å². The number of halogens is 1. The second-order valence-corrected chi connectivity index (χ2v) is 8.54. The Morgan fingerprint density at radius 2 is 2.00 bits per heavy atom. The molecule has 2 aromatic rings. The smallest absolute Gasteiger partial charge is 0.254 e. The molecule has 1 aromatic carbocycles. The predicted octanol–water partition coefficient (Wildman–Crippen LogP) is 3.40. The molecule has 1 aromatic heterocycles. The average Bonchev–Trinajstić information content (AvgIpc) is 2.96. The standard InChI is InChI=1S/C19H19BrN4O2/c1-19(2)7-13-15(14(25)8-19)16(10-3-5-11(20)6-4-10)24-18(23-13)12(9-22-24)17(21)26/h3-6,9,16,23H,7-8H2,1-2H3,(H2,21,26). The molecular formula is C19H19BrN4O2. The normalized spacial score (nSPS) is 21.0. The maximum Gasteiger partial charge on any atom is 0.254 e. The molecule has 0 bridgehead atoms. The number of ketones is 1. The highest BCUT2D eigenvalue weighted by atomic mass is 79.9. The molecule has 2 aliphatic rings. The minimum atomic E-state index is -0.543. The van der Waals surface area contributed by atoms with Gasteiger partial charge in [0.25, 0.3) is 5.91 Å². The molecule has 0 radical (unpaired) electrons. The Balaban J connectivity index is 1.94. The SMILES string of the molecule is CC1(C)CC(=O)C2=C(C1)Nc1c(C(N)=O)cnn1C2c1ccc(Br)cc1. The maximum atomic E-state index is 13.0. The van der Waals surface area contributed by atoms with E-state index in [2.05, 4.69) is 40.2 Å². The summed E-state index contributed by atoms with van der Waals surface area (Å²) in [6, 6.07) is 7.44. The van der Waals surface area contributed by atoms with Crippen LogP contribution in [0.25, 0.3) is 0 Å². The van der Waals surface area contributed by atoms with Crippen LogP contribution in [0.4, 0.5) is 5.82 Å².